The van der Waals surface area contributed by atoms with Gasteiger partial charge < -0.3 is 11.5 Å². The zero-order chi connectivity index (χ0) is 7.66. The van der Waals surface area contributed by atoms with E-state index in [4.69, 9.17) is 0 Å². The van der Waals surface area contributed by atoms with Gasteiger partial charge >= 0.3 is 0 Å². The SMILES string of the molecule is C1CCNCC1.CCCC.N. The number of nitrogens with one attached hydrogen (secondary N) is 1. The molecule has 0 bridgehead atoms. The van der Waals surface area contributed by atoms with Gasteiger partial charge in [0.15, 0.2) is 0 Å². The fraction of sp³-hybridized carbons (Fsp3) is 1.00. The van der Waals surface area contributed by atoms with Gasteiger partial charge in [0.25, 0.3) is 0 Å². The van der Waals surface area contributed by atoms with Crippen molar-refractivity contribution in [2.75, 3.05) is 13.1 Å². The Kier molecular flexibility index (Phi) is 15.4. The van der Waals surface area contributed by atoms with Gasteiger partial charge in [-0.25, -0.2) is 0 Å². The van der Waals surface area contributed by atoms with Crippen molar-refractivity contribution < 1.29 is 0 Å². The van der Waals surface area contributed by atoms with Gasteiger partial charge in [0.2, 0.25) is 0 Å². The molecule has 0 radical (unpaired) electrons. The maximum atomic E-state index is 3.28. The van der Waals surface area contributed by atoms with Crippen molar-refractivity contribution in [1.82, 2.24) is 11.5 Å². The van der Waals surface area contributed by atoms with E-state index < -0.39 is 0 Å². The Labute approximate surface area is 71.3 Å². The molecular weight excluding hydrogens is 136 g/mol. The highest BCUT2D eigenvalue weighted by molar-refractivity contribution is 4.55. The van der Waals surface area contributed by atoms with Crippen LogP contribution in [-0.4, -0.2) is 13.1 Å². The molecular formula is C9H24N2. The molecule has 4 N–H and O–H groups in total. The summed E-state index contributed by atoms with van der Waals surface area (Å²) in [6, 6.07) is 0. The Morgan fingerprint density at radius 1 is 0.909 bits per heavy atom. The highest BCUT2D eigenvalue weighted by Gasteiger charge is 1.93. The van der Waals surface area contributed by atoms with Gasteiger partial charge in [0.05, 0.1) is 0 Å². The molecule has 2 nitrogen and oxygen atoms in total. The summed E-state index contributed by atoms with van der Waals surface area (Å²) in [4.78, 5) is 0. The summed E-state index contributed by atoms with van der Waals surface area (Å²) in [5.74, 6) is 0. The van der Waals surface area contributed by atoms with E-state index in [0.717, 1.165) is 0 Å². The molecule has 1 heterocycles. The fourth-order valence-electron chi connectivity index (χ4n) is 0.802. The second-order valence-electron chi connectivity index (χ2n) is 2.81. The molecule has 0 saturated carbocycles. The second-order valence-corrected chi connectivity index (χ2v) is 2.81. The summed E-state index contributed by atoms with van der Waals surface area (Å²) in [5, 5.41) is 3.28. The molecule has 0 aromatic heterocycles. The van der Waals surface area contributed by atoms with Crippen LogP contribution in [0.4, 0.5) is 0 Å². The lowest BCUT2D eigenvalue weighted by molar-refractivity contribution is 0.520. The van der Waals surface area contributed by atoms with Crippen LogP contribution < -0.4 is 11.5 Å². The number of piperidine rings is 1. The Balaban J connectivity index is 0. The second kappa shape index (κ2) is 12.6. The fourth-order valence-corrected chi connectivity index (χ4v) is 0.802. The molecule has 11 heavy (non-hydrogen) atoms. The van der Waals surface area contributed by atoms with Crippen LogP contribution in [0.25, 0.3) is 0 Å². The molecule has 0 spiro atoms. The van der Waals surface area contributed by atoms with Gasteiger partial charge in [-0.1, -0.05) is 33.1 Å². The monoisotopic (exact) mass is 160 g/mol. The molecule has 0 atom stereocenters. The van der Waals surface area contributed by atoms with Gasteiger partial charge in [-0.15, -0.1) is 0 Å². The van der Waals surface area contributed by atoms with Gasteiger partial charge in [0.1, 0.15) is 0 Å². The molecule has 1 saturated heterocycles. The standard InChI is InChI=1S/C5H11N.C4H10.H3N/c1-2-4-6-5-3-1;1-3-4-2;/h6H,1-5H2;3-4H2,1-2H3;1H3. The van der Waals surface area contributed by atoms with Crippen molar-refractivity contribution >= 4 is 0 Å². The van der Waals surface area contributed by atoms with E-state index >= 15 is 0 Å². The highest BCUT2D eigenvalue weighted by atomic mass is 14.9. The molecule has 1 rings (SSSR count). The van der Waals surface area contributed by atoms with Crippen molar-refractivity contribution in [2.45, 2.75) is 46.0 Å². The predicted molar refractivity (Wildman–Crippen MR) is 52.3 cm³/mol. The summed E-state index contributed by atoms with van der Waals surface area (Å²) in [6.45, 7) is 6.86. The minimum Gasteiger partial charge on any atom is -0.344 e. The number of unbranched alkanes of at least 4 members (excludes halogenated alkanes) is 1. The first kappa shape index (κ1) is 13.5. The van der Waals surface area contributed by atoms with E-state index in [2.05, 4.69) is 19.2 Å². The largest absolute Gasteiger partial charge is 0.344 e. The molecule has 70 valence electrons. The van der Waals surface area contributed by atoms with Crippen LogP contribution in [0.5, 0.6) is 0 Å². The third-order valence-corrected chi connectivity index (χ3v) is 1.71. The van der Waals surface area contributed by atoms with Crippen LogP contribution in [0, 0.1) is 0 Å². The number of hydrogen-bond donors (Lipinski definition) is 2. The third-order valence-electron chi connectivity index (χ3n) is 1.71. The van der Waals surface area contributed by atoms with Crippen LogP contribution in [0.3, 0.4) is 0 Å². The van der Waals surface area contributed by atoms with Gasteiger partial charge in [-0.3, -0.25) is 0 Å². The van der Waals surface area contributed by atoms with Crippen LogP contribution in [0.1, 0.15) is 46.0 Å². The number of hydrogen-bond acceptors (Lipinski definition) is 2. The number of rotatable bonds is 1. The van der Waals surface area contributed by atoms with Gasteiger partial charge in [-0.05, 0) is 25.9 Å². The highest BCUT2D eigenvalue weighted by Crippen LogP contribution is 1.96. The molecule has 2 heteroatoms. The molecule has 0 amide bonds. The maximum absolute atomic E-state index is 3.28. The van der Waals surface area contributed by atoms with Crippen LogP contribution in [-0.2, 0) is 0 Å². The van der Waals surface area contributed by atoms with Crippen LogP contribution in [0.15, 0.2) is 0 Å². The molecule has 0 aromatic rings. The van der Waals surface area contributed by atoms with Gasteiger partial charge in [-0.2, -0.15) is 0 Å². The quantitative estimate of drug-likeness (QED) is 0.619. The molecule has 0 aromatic carbocycles. The summed E-state index contributed by atoms with van der Waals surface area (Å²) in [7, 11) is 0. The normalized spacial score (nSPS) is 15.8. The van der Waals surface area contributed by atoms with E-state index in [1.54, 1.807) is 0 Å². The van der Waals surface area contributed by atoms with Crippen molar-refractivity contribution in [1.29, 1.82) is 0 Å². The van der Waals surface area contributed by atoms with E-state index in [9.17, 15) is 0 Å². The van der Waals surface area contributed by atoms with E-state index in [0.29, 0.717) is 0 Å². The summed E-state index contributed by atoms with van der Waals surface area (Å²) in [5.41, 5.74) is 0. The van der Waals surface area contributed by atoms with Gasteiger partial charge in [0, 0.05) is 0 Å². The minimum absolute atomic E-state index is 0. The Hall–Kier alpha value is -0.0800. The van der Waals surface area contributed by atoms with E-state index in [1.807, 2.05) is 0 Å². The summed E-state index contributed by atoms with van der Waals surface area (Å²) >= 11 is 0. The topological polar surface area (TPSA) is 47.0 Å². The molecule has 1 fully saturated rings. The molecule has 1 aliphatic heterocycles. The predicted octanol–water partition coefficient (Wildman–Crippen LogP) is 2.73. The van der Waals surface area contributed by atoms with Crippen molar-refractivity contribution in [3.63, 3.8) is 0 Å². The summed E-state index contributed by atoms with van der Waals surface area (Å²) in [6.07, 6.45) is 6.85. The third kappa shape index (κ3) is 13.0. The lowest BCUT2D eigenvalue weighted by atomic mass is 10.2. The van der Waals surface area contributed by atoms with E-state index in [1.165, 1.54) is 45.2 Å². The maximum Gasteiger partial charge on any atom is -0.00489 e. The Morgan fingerprint density at radius 2 is 1.36 bits per heavy atom. The molecule has 0 unspecified atom stereocenters. The van der Waals surface area contributed by atoms with Crippen LogP contribution in [0.2, 0.25) is 0 Å². The zero-order valence-corrected chi connectivity index (χ0v) is 8.16. The first-order chi connectivity index (χ1) is 4.91. The average molecular weight is 160 g/mol. The van der Waals surface area contributed by atoms with Crippen LogP contribution >= 0.6 is 0 Å². The first-order valence-electron chi connectivity index (χ1n) is 4.62. The van der Waals surface area contributed by atoms with E-state index in [-0.39, 0.29) is 6.15 Å². The smallest absolute Gasteiger partial charge is 0.00489 e. The Morgan fingerprint density at radius 3 is 1.45 bits per heavy atom. The minimum atomic E-state index is 0. The lowest BCUT2D eigenvalue weighted by Crippen LogP contribution is -2.21. The first-order valence-corrected chi connectivity index (χ1v) is 4.62. The summed E-state index contributed by atoms with van der Waals surface area (Å²) < 4.78 is 0. The Bertz CT molecular complexity index is 38.0. The van der Waals surface area contributed by atoms with Crippen molar-refractivity contribution in [3.8, 4) is 0 Å². The average Bonchev–Trinajstić information content (AvgIpc) is 2.08. The lowest BCUT2D eigenvalue weighted by Gasteiger charge is -2.08. The van der Waals surface area contributed by atoms with Crippen molar-refractivity contribution in [2.24, 2.45) is 0 Å². The zero-order valence-electron chi connectivity index (χ0n) is 8.16. The molecule has 1 aliphatic rings. The molecule has 0 aliphatic carbocycles. The van der Waals surface area contributed by atoms with Crippen molar-refractivity contribution in [3.05, 3.63) is 0 Å².